The van der Waals surface area contributed by atoms with Gasteiger partial charge in [-0.25, -0.2) is 0 Å². The lowest BCUT2D eigenvalue weighted by atomic mass is 10.2. The third kappa shape index (κ3) is 4.19. The third-order valence-corrected chi connectivity index (χ3v) is 4.14. The lowest BCUT2D eigenvalue weighted by Crippen LogP contribution is -2.28. The van der Waals surface area contributed by atoms with Gasteiger partial charge in [-0.15, -0.1) is 11.3 Å². The Hall–Kier alpha value is -2.12. The highest BCUT2D eigenvalue weighted by Crippen LogP contribution is 2.27. The zero-order valence-corrected chi connectivity index (χ0v) is 13.3. The molecule has 7 heteroatoms. The molecule has 2 rings (SSSR count). The Labute approximate surface area is 132 Å². The quantitative estimate of drug-likeness (QED) is 0.761. The summed E-state index contributed by atoms with van der Waals surface area (Å²) < 4.78 is 5.03. The number of amides is 2. The molecule has 6 nitrogen and oxygen atoms in total. The highest BCUT2D eigenvalue weighted by Gasteiger charge is 2.16. The molecule has 1 atom stereocenters. The van der Waals surface area contributed by atoms with Crippen LogP contribution in [0.5, 0.6) is 0 Å². The number of carbonyl (C=O) groups excluding carboxylic acids is 2. The normalized spacial score (nSPS) is 12.0. The maximum Gasteiger partial charge on any atom is 0.291 e. The van der Waals surface area contributed by atoms with Crippen LogP contribution in [0.15, 0.2) is 28.9 Å². The van der Waals surface area contributed by atoms with Crippen molar-refractivity contribution in [1.82, 2.24) is 5.32 Å². The summed E-state index contributed by atoms with van der Waals surface area (Å²) in [4.78, 5) is 24.6. The molecule has 0 radical (unpaired) electrons. The van der Waals surface area contributed by atoms with Crippen molar-refractivity contribution in [3.05, 3.63) is 40.7 Å². The van der Waals surface area contributed by atoms with Gasteiger partial charge in [0.1, 0.15) is 0 Å². The van der Waals surface area contributed by atoms with E-state index < -0.39 is 0 Å². The lowest BCUT2D eigenvalue weighted by Gasteiger charge is -2.06. The first-order valence-electron chi connectivity index (χ1n) is 6.96. The summed E-state index contributed by atoms with van der Waals surface area (Å²) >= 11 is 1.24. The van der Waals surface area contributed by atoms with Gasteiger partial charge in [0.25, 0.3) is 11.8 Å². The molecule has 4 N–H and O–H groups in total. The number of carbonyl (C=O) groups is 2. The van der Waals surface area contributed by atoms with E-state index in [0.717, 1.165) is 12.0 Å². The highest BCUT2D eigenvalue weighted by atomic mass is 32.1. The molecule has 118 valence electrons. The second-order valence-corrected chi connectivity index (χ2v) is 6.13. The van der Waals surface area contributed by atoms with Crippen LogP contribution in [-0.2, 0) is 0 Å². The fourth-order valence-corrected chi connectivity index (χ4v) is 2.83. The fourth-order valence-electron chi connectivity index (χ4n) is 1.84. The van der Waals surface area contributed by atoms with Gasteiger partial charge in [-0.1, -0.05) is 0 Å². The second-order valence-electron chi connectivity index (χ2n) is 5.08. The molecule has 0 aliphatic carbocycles. The van der Waals surface area contributed by atoms with Crippen LogP contribution in [0.4, 0.5) is 5.00 Å². The molecule has 0 fully saturated rings. The Morgan fingerprint density at radius 2 is 2.18 bits per heavy atom. The zero-order chi connectivity index (χ0) is 16.1. The van der Waals surface area contributed by atoms with E-state index in [2.05, 4.69) is 10.6 Å². The zero-order valence-electron chi connectivity index (χ0n) is 12.5. The maximum absolute atomic E-state index is 12.1. The van der Waals surface area contributed by atoms with Crippen molar-refractivity contribution in [1.29, 1.82) is 0 Å². The van der Waals surface area contributed by atoms with Crippen molar-refractivity contribution in [3.63, 3.8) is 0 Å². The molecule has 0 saturated heterocycles. The molecule has 2 amide bonds. The number of hydrogen-bond acceptors (Lipinski definition) is 5. The smallest absolute Gasteiger partial charge is 0.291 e. The number of nitrogens with one attached hydrogen (secondary N) is 2. The summed E-state index contributed by atoms with van der Waals surface area (Å²) in [6.07, 6.45) is 2.16. The van der Waals surface area contributed by atoms with Crippen molar-refractivity contribution in [2.24, 2.45) is 5.73 Å². The first-order valence-corrected chi connectivity index (χ1v) is 7.78. The van der Waals surface area contributed by atoms with Crippen LogP contribution < -0.4 is 16.4 Å². The molecule has 0 aromatic carbocycles. The number of rotatable bonds is 6. The van der Waals surface area contributed by atoms with Crippen LogP contribution in [0, 0.1) is 6.92 Å². The monoisotopic (exact) mass is 321 g/mol. The second kappa shape index (κ2) is 7.24. The van der Waals surface area contributed by atoms with Crippen molar-refractivity contribution >= 4 is 28.2 Å². The number of thiophene rings is 1. The fraction of sp³-hybridized carbons (Fsp3) is 0.333. The number of nitrogens with two attached hydrogens (primary N) is 1. The topological polar surface area (TPSA) is 97.4 Å². The van der Waals surface area contributed by atoms with E-state index in [9.17, 15) is 9.59 Å². The summed E-state index contributed by atoms with van der Waals surface area (Å²) in [6, 6.07) is 5.04. The Morgan fingerprint density at radius 1 is 1.41 bits per heavy atom. The van der Waals surface area contributed by atoms with Crippen LogP contribution in [0.2, 0.25) is 0 Å². The molecule has 0 saturated carbocycles. The van der Waals surface area contributed by atoms with Crippen molar-refractivity contribution < 1.29 is 14.0 Å². The molecule has 0 spiro atoms. The van der Waals surface area contributed by atoms with Gasteiger partial charge in [0.15, 0.2) is 5.76 Å². The molecular weight excluding hydrogens is 302 g/mol. The third-order valence-electron chi connectivity index (χ3n) is 2.99. The molecule has 0 aliphatic heterocycles. The van der Waals surface area contributed by atoms with E-state index in [4.69, 9.17) is 10.2 Å². The highest BCUT2D eigenvalue weighted by molar-refractivity contribution is 7.18. The van der Waals surface area contributed by atoms with E-state index in [1.165, 1.54) is 17.6 Å². The average molecular weight is 321 g/mol. The lowest BCUT2D eigenvalue weighted by molar-refractivity contribution is 0.0954. The van der Waals surface area contributed by atoms with Crippen LogP contribution >= 0.6 is 11.3 Å². The first kappa shape index (κ1) is 16.3. The van der Waals surface area contributed by atoms with Crippen LogP contribution in [0.25, 0.3) is 0 Å². The number of aryl methyl sites for hydroxylation is 1. The average Bonchev–Trinajstić information content (AvgIpc) is 3.07. The summed E-state index contributed by atoms with van der Waals surface area (Å²) in [5.41, 5.74) is 6.47. The van der Waals surface area contributed by atoms with E-state index in [1.54, 1.807) is 18.2 Å². The van der Waals surface area contributed by atoms with Gasteiger partial charge in [0.05, 0.1) is 16.1 Å². The van der Waals surface area contributed by atoms with Crippen LogP contribution in [-0.4, -0.2) is 24.4 Å². The molecule has 2 heterocycles. The van der Waals surface area contributed by atoms with Gasteiger partial charge in [-0.2, -0.15) is 0 Å². The van der Waals surface area contributed by atoms with Crippen molar-refractivity contribution in [2.45, 2.75) is 26.3 Å². The van der Waals surface area contributed by atoms with Gasteiger partial charge >= 0.3 is 0 Å². The predicted octanol–water partition coefficient (Wildman–Crippen LogP) is 2.37. The minimum Gasteiger partial charge on any atom is -0.459 e. The van der Waals surface area contributed by atoms with Gasteiger partial charge in [0.2, 0.25) is 0 Å². The Balaban J connectivity index is 1.98. The molecule has 0 bridgehead atoms. The van der Waals surface area contributed by atoms with Crippen LogP contribution in [0.3, 0.4) is 0 Å². The SMILES string of the molecule is Cc1cc(NC(=O)c2ccco2)sc1C(=O)NCCC(C)N. The Morgan fingerprint density at radius 3 is 2.82 bits per heavy atom. The Kier molecular flexibility index (Phi) is 5.35. The minimum absolute atomic E-state index is 0.0490. The molecule has 1 unspecified atom stereocenters. The van der Waals surface area contributed by atoms with Crippen molar-refractivity contribution in [2.75, 3.05) is 11.9 Å². The summed E-state index contributed by atoms with van der Waals surface area (Å²) in [6.45, 7) is 4.26. The molecule has 22 heavy (non-hydrogen) atoms. The number of anilines is 1. The minimum atomic E-state index is -0.338. The number of hydrogen-bond donors (Lipinski definition) is 3. The molecule has 2 aromatic rings. The standard InChI is InChI=1S/C15H19N3O3S/c1-9-8-12(18-14(19)11-4-3-7-21-11)22-13(9)15(20)17-6-5-10(2)16/h3-4,7-8,10H,5-6,16H2,1-2H3,(H,17,20)(H,18,19). The Bertz CT molecular complexity index is 647. The van der Waals surface area contributed by atoms with Gasteiger partial charge in [-0.05, 0) is 44.0 Å². The molecule has 0 aliphatic rings. The summed E-state index contributed by atoms with van der Waals surface area (Å²) in [7, 11) is 0. The molecule has 2 aromatic heterocycles. The maximum atomic E-state index is 12.1. The van der Waals surface area contributed by atoms with Crippen molar-refractivity contribution in [3.8, 4) is 0 Å². The van der Waals surface area contributed by atoms with E-state index in [0.29, 0.717) is 16.4 Å². The summed E-state index contributed by atoms with van der Waals surface area (Å²) in [5, 5.41) is 6.15. The summed E-state index contributed by atoms with van der Waals surface area (Å²) in [5.74, 6) is -0.259. The predicted molar refractivity (Wildman–Crippen MR) is 86.3 cm³/mol. The van der Waals surface area contributed by atoms with Crippen LogP contribution in [0.1, 0.15) is 39.1 Å². The van der Waals surface area contributed by atoms with E-state index in [1.807, 2.05) is 13.8 Å². The van der Waals surface area contributed by atoms with Gasteiger partial charge < -0.3 is 20.8 Å². The van der Waals surface area contributed by atoms with E-state index >= 15 is 0 Å². The number of furan rings is 1. The van der Waals surface area contributed by atoms with E-state index in [-0.39, 0.29) is 23.6 Å². The first-order chi connectivity index (χ1) is 10.5. The van der Waals surface area contributed by atoms with Gasteiger partial charge in [0, 0.05) is 12.6 Å². The van der Waals surface area contributed by atoms with Gasteiger partial charge in [-0.3, -0.25) is 9.59 Å². The largest absolute Gasteiger partial charge is 0.459 e. The molecular formula is C15H19N3O3S.